The minimum absolute atomic E-state index is 0.137. The van der Waals surface area contributed by atoms with E-state index in [4.69, 9.17) is 10.5 Å². The highest BCUT2D eigenvalue weighted by atomic mass is 16.2. The summed E-state index contributed by atoms with van der Waals surface area (Å²) in [5.74, 6) is -0.854. The van der Waals surface area contributed by atoms with Crippen LogP contribution in [0.3, 0.4) is 0 Å². The van der Waals surface area contributed by atoms with Gasteiger partial charge in [-0.1, -0.05) is 0 Å². The lowest BCUT2D eigenvalue weighted by Gasteiger charge is -2.12. The Balaban J connectivity index is 3.72. The predicted molar refractivity (Wildman–Crippen MR) is 50.8 cm³/mol. The molecule has 0 bridgehead atoms. The third-order valence-corrected chi connectivity index (χ3v) is 1.39. The van der Waals surface area contributed by atoms with E-state index in [1.54, 1.807) is 12.1 Å². The number of amides is 2. The molecule has 6 heteroatoms. The number of hydrogen-bond donors (Lipinski definition) is 2. The van der Waals surface area contributed by atoms with Crippen LogP contribution in [-0.4, -0.2) is 24.4 Å². The first kappa shape index (κ1) is 12.9. The second-order valence-electron chi connectivity index (χ2n) is 2.74. The fraction of sp³-hybridized carbons (Fsp3) is 0.444. The van der Waals surface area contributed by atoms with Gasteiger partial charge in [-0.2, -0.15) is 10.5 Å². The molecule has 1 unspecified atom stereocenters. The van der Waals surface area contributed by atoms with E-state index in [-0.39, 0.29) is 19.4 Å². The van der Waals surface area contributed by atoms with Gasteiger partial charge in [0.15, 0.2) is 0 Å². The van der Waals surface area contributed by atoms with Crippen molar-refractivity contribution in [2.75, 3.05) is 6.54 Å². The third-order valence-electron chi connectivity index (χ3n) is 1.39. The topological polar surface area (TPSA) is 106 Å². The Hall–Kier alpha value is -2.08. The summed E-state index contributed by atoms with van der Waals surface area (Å²) in [6.07, 6.45) is -0.461. The van der Waals surface area contributed by atoms with Gasteiger partial charge in [0.25, 0.3) is 0 Å². The maximum absolute atomic E-state index is 10.9. The largest absolute Gasteiger partial charge is 0.353 e. The zero-order valence-corrected chi connectivity index (χ0v) is 8.12. The van der Waals surface area contributed by atoms with Crippen molar-refractivity contribution >= 4 is 11.8 Å². The molecule has 1 atom stereocenters. The van der Waals surface area contributed by atoms with Crippen molar-refractivity contribution in [3.63, 3.8) is 0 Å². The molecule has 0 spiro atoms. The number of carbonyl (C=O) groups is 2. The molecule has 0 saturated carbocycles. The van der Waals surface area contributed by atoms with Gasteiger partial charge in [-0.25, -0.2) is 0 Å². The van der Waals surface area contributed by atoms with Crippen LogP contribution in [-0.2, 0) is 9.59 Å². The van der Waals surface area contributed by atoms with Gasteiger partial charge >= 0.3 is 0 Å². The molecule has 2 amide bonds. The molecule has 15 heavy (non-hydrogen) atoms. The Morgan fingerprint density at radius 1 is 1.20 bits per heavy atom. The summed E-state index contributed by atoms with van der Waals surface area (Å²) in [5, 5.41) is 21.2. The van der Waals surface area contributed by atoms with Crippen molar-refractivity contribution < 1.29 is 9.59 Å². The second kappa shape index (κ2) is 7.34. The van der Waals surface area contributed by atoms with Crippen molar-refractivity contribution in [3.8, 4) is 12.1 Å². The van der Waals surface area contributed by atoms with E-state index >= 15 is 0 Å². The Bertz CT molecular complexity index is 313. The summed E-state index contributed by atoms with van der Waals surface area (Å²) in [7, 11) is 0. The summed E-state index contributed by atoms with van der Waals surface area (Å²) in [6, 6.07) is 2.87. The lowest BCUT2D eigenvalue weighted by atomic mass is 10.3. The maximum atomic E-state index is 10.9. The minimum Gasteiger partial charge on any atom is -0.353 e. The van der Waals surface area contributed by atoms with Gasteiger partial charge in [0.05, 0.1) is 12.1 Å². The van der Waals surface area contributed by atoms with Crippen LogP contribution in [0.1, 0.15) is 12.8 Å². The van der Waals surface area contributed by atoms with Crippen molar-refractivity contribution in [1.29, 1.82) is 10.5 Å². The monoisotopic (exact) mass is 207 g/mol. The molecule has 0 saturated heterocycles. The molecule has 6 nitrogen and oxygen atoms in total. The summed E-state index contributed by atoms with van der Waals surface area (Å²) in [6.45, 7) is 3.69. The first-order valence-corrected chi connectivity index (χ1v) is 4.23. The van der Waals surface area contributed by atoms with Crippen LogP contribution >= 0.6 is 0 Å². The van der Waals surface area contributed by atoms with E-state index in [1.807, 2.05) is 0 Å². The van der Waals surface area contributed by atoms with Gasteiger partial charge in [0.1, 0.15) is 12.8 Å². The third kappa shape index (κ3) is 7.03. The van der Waals surface area contributed by atoms with Crippen LogP contribution in [0.4, 0.5) is 0 Å². The molecule has 0 aliphatic heterocycles. The van der Waals surface area contributed by atoms with Gasteiger partial charge in [0, 0.05) is 12.6 Å². The van der Waals surface area contributed by atoms with Crippen LogP contribution < -0.4 is 10.6 Å². The number of nitriles is 2. The molecule has 0 fully saturated rings. The first-order valence-electron chi connectivity index (χ1n) is 4.23. The van der Waals surface area contributed by atoms with E-state index in [1.165, 1.54) is 0 Å². The standard InChI is InChI=1S/C9H11N4O2/c1-7(13-9(15)3-5-11)6-12-8(14)2-4-10/h7H,1-3,6H2,(H,12,14)(H,13,15). The van der Waals surface area contributed by atoms with Gasteiger partial charge < -0.3 is 10.6 Å². The van der Waals surface area contributed by atoms with Gasteiger partial charge in [-0.05, 0) is 6.92 Å². The van der Waals surface area contributed by atoms with Crippen molar-refractivity contribution in [3.05, 3.63) is 6.92 Å². The summed E-state index contributed by atoms with van der Waals surface area (Å²) >= 11 is 0. The lowest BCUT2D eigenvalue weighted by Crippen LogP contribution is -2.41. The molecule has 0 aromatic heterocycles. The number of rotatable bonds is 5. The highest BCUT2D eigenvalue weighted by molar-refractivity contribution is 5.79. The van der Waals surface area contributed by atoms with Gasteiger partial charge in [0.2, 0.25) is 11.8 Å². The Kier molecular flexibility index (Phi) is 6.32. The molecular formula is C9H11N4O2. The molecule has 0 aliphatic rings. The molecule has 0 heterocycles. The summed E-state index contributed by atoms with van der Waals surface area (Å²) in [4.78, 5) is 21.7. The molecular weight excluding hydrogens is 196 g/mol. The first-order chi connectivity index (χ1) is 7.10. The lowest BCUT2D eigenvalue weighted by molar-refractivity contribution is -0.122. The number of carbonyl (C=O) groups excluding carboxylic acids is 2. The van der Waals surface area contributed by atoms with Crippen LogP contribution in [0.2, 0.25) is 0 Å². The number of nitrogens with zero attached hydrogens (tertiary/aromatic N) is 2. The average Bonchev–Trinajstić information content (AvgIpc) is 2.15. The highest BCUT2D eigenvalue weighted by Crippen LogP contribution is 1.83. The highest BCUT2D eigenvalue weighted by Gasteiger charge is 2.08. The molecule has 2 N–H and O–H groups in total. The van der Waals surface area contributed by atoms with Crippen LogP contribution in [0.15, 0.2) is 0 Å². The van der Waals surface area contributed by atoms with E-state index in [2.05, 4.69) is 17.6 Å². The van der Waals surface area contributed by atoms with E-state index in [9.17, 15) is 9.59 Å². The van der Waals surface area contributed by atoms with Crippen LogP contribution in [0, 0.1) is 29.6 Å². The van der Waals surface area contributed by atoms with Crippen LogP contribution in [0.25, 0.3) is 0 Å². The van der Waals surface area contributed by atoms with Crippen molar-refractivity contribution in [1.82, 2.24) is 10.6 Å². The molecule has 0 aromatic rings. The second-order valence-corrected chi connectivity index (χ2v) is 2.74. The Labute approximate surface area is 87.9 Å². The Morgan fingerprint density at radius 2 is 1.73 bits per heavy atom. The van der Waals surface area contributed by atoms with Crippen LogP contribution in [0.5, 0.6) is 0 Å². The summed E-state index contributed by atoms with van der Waals surface area (Å²) in [5.41, 5.74) is 0. The number of hydrogen-bond acceptors (Lipinski definition) is 4. The minimum atomic E-state index is -0.506. The quantitative estimate of drug-likeness (QED) is 0.618. The summed E-state index contributed by atoms with van der Waals surface area (Å²) < 4.78 is 0. The molecule has 0 aliphatic carbocycles. The molecule has 0 aromatic carbocycles. The maximum Gasteiger partial charge on any atom is 0.234 e. The van der Waals surface area contributed by atoms with Gasteiger partial charge in [-0.15, -0.1) is 0 Å². The Morgan fingerprint density at radius 3 is 2.27 bits per heavy atom. The average molecular weight is 207 g/mol. The van der Waals surface area contributed by atoms with E-state index in [0.717, 1.165) is 0 Å². The normalized spacial score (nSPS) is 10.6. The smallest absolute Gasteiger partial charge is 0.234 e. The van der Waals surface area contributed by atoms with Gasteiger partial charge in [-0.3, -0.25) is 9.59 Å². The van der Waals surface area contributed by atoms with Crippen molar-refractivity contribution in [2.24, 2.45) is 0 Å². The molecule has 1 radical (unpaired) electrons. The van der Waals surface area contributed by atoms with E-state index in [0.29, 0.717) is 0 Å². The predicted octanol–water partition coefficient (Wildman–Crippen LogP) is -0.751. The number of nitrogens with one attached hydrogen (secondary N) is 2. The zero-order chi connectivity index (χ0) is 11.7. The molecule has 79 valence electrons. The van der Waals surface area contributed by atoms with E-state index < -0.39 is 17.9 Å². The zero-order valence-electron chi connectivity index (χ0n) is 8.12. The molecule has 0 rings (SSSR count). The SMILES string of the molecule is [CH2]C(CNC(=O)CC#N)NC(=O)CC#N. The fourth-order valence-electron chi connectivity index (χ4n) is 0.773. The fourth-order valence-corrected chi connectivity index (χ4v) is 0.773. The van der Waals surface area contributed by atoms with Crippen molar-refractivity contribution in [2.45, 2.75) is 18.9 Å².